The van der Waals surface area contributed by atoms with Crippen LogP contribution in [0.25, 0.3) is 0 Å². The molecular formula is C18H24ClN3O2S. The van der Waals surface area contributed by atoms with E-state index in [4.69, 9.17) is 0 Å². The second kappa shape index (κ2) is 11.6. The van der Waals surface area contributed by atoms with Gasteiger partial charge in [-0.05, 0) is 42.1 Å². The molecule has 136 valence electrons. The predicted molar refractivity (Wildman–Crippen MR) is 105 cm³/mol. The van der Waals surface area contributed by atoms with E-state index in [0.29, 0.717) is 23.5 Å². The average molecular weight is 382 g/mol. The Morgan fingerprint density at radius 2 is 1.72 bits per heavy atom. The molecule has 0 fully saturated rings. The zero-order chi connectivity index (χ0) is 17.2. The van der Waals surface area contributed by atoms with Crippen molar-refractivity contribution >= 4 is 35.6 Å². The van der Waals surface area contributed by atoms with Gasteiger partial charge in [0.15, 0.2) is 0 Å². The molecule has 1 aromatic heterocycles. The van der Waals surface area contributed by atoms with E-state index in [9.17, 15) is 9.59 Å². The highest BCUT2D eigenvalue weighted by molar-refractivity contribution is 7.12. The Balaban J connectivity index is 0.00000312. The van der Waals surface area contributed by atoms with Crippen LogP contribution in [0.1, 0.15) is 38.9 Å². The molecule has 0 unspecified atom stereocenters. The van der Waals surface area contributed by atoms with E-state index in [2.05, 4.69) is 22.9 Å². The molecule has 1 heterocycles. The second-order valence-corrected chi connectivity index (χ2v) is 6.31. The number of rotatable bonds is 9. The van der Waals surface area contributed by atoms with Crippen LogP contribution < -0.4 is 16.0 Å². The third-order valence-electron chi connectivity index (χ3n) is 3.43. The smallest absolute Gasteiger partial charge is 0.261 e. The molecule has 5 nitrogen and oxygen atoms in total. The summed E-state index contributed by atoms with van der Waals surface area (Å²) in [6.07, 6.45) is 1.08. The molecule has 0 aliphatic carbocycles. The molecule has 2 rings (SSSR count). The van der Waals surface area contributed by atoms with Gasteiger partial charge < -0.3 is 16.0 Å². The molecule has 0 aliphatic heterocycles. The minimum atomic E-state index is -0.0810. The van der Waals surface area contributed by atoms with Crippen molar-refractivity contribution in [1.29, 1.82) is 0 Å². The van der Waals surface area contributed by atoms with Crippen LogP contribution in [0.3, 0.4) is 0 Å². The first-order valence-corrected chi connectivity index (χ1v) is 8.98. The first-order chi connectivity index (χ1) is 11.7. The minimum Gasteiger partial charge on any atom is -0.351 e. The number of benzene rings is 1. The first-order valence-electron chi connectivity index (χ1n) is 8.10. The first kappa shape index (κ1) is 21.2. The van der Waals surface area contributed by atoms with Crippen LogP contribution in [0.5, 0.6) is 0 Å². The quantitative estimate of drug-likeness (QED) is 0.585. The van der Waals surface area contributed by atoms with Crippen molar-refractivity contribution < 1.29 is 9.59 Å². The molecule has 0 saturated carbocycles. The molecule has 0 atom stereocenters. The van der Waals surface area contributed by atoms with Crippen LogP contribution in [0, 0.1) is 0 Å². The fraction of sp³-hybridized carbons (Fsp3) is 0.333. The van der Waals surface area contributed by atoms with Crippen LogP contribution in [-0.4, -0.2) is 31.4 Å². The van der Waals surface area contributed by atoms with E-state index in [1.807, 2.05) is 23.6 Å². The Kier molecular flexibility index (Phi) is 9.84. The Morgan fingerprint density at radius 1 is 0.960 bits per heavy atom. The Labute approximate surface area is 158 Å². The van der Waals surface area contributed by atoms with E-state index in [0.717, 1.165) is 25.1 Å². The van der Waals surface area contributed by atoms with Gasteiger partial charge in [-0.15, -0.1) is 23.7 Å². The highest BCUT2D eigenvalue weighted by Crippen LogP contribution is 2.09. The fourth-order valence-corrected chi connectivity index (χ4v) is 2.76. The lowest BCUT2D eigenvalue weighted by Crippen LogP contribution is -2.32. The summed E-state index contributed by atoms with van der Waals surface area (Å²) >= 11 is 1.41. The highest BCUT2D eigenvalue weighted by atomic mass is 35.5. The Hall–Kier alpha value is -1.89. The fourth-order valence-electron chi connectivity index (χ4n) is 2.12. The number of hydrogen-bond acceptors (Lipinski definition) is 4. The van der Waals surface area contributed by atoms with Crippen LogP contribution >= 0.6 is 23.7 Å². The monoisotopic (exact) mass is 381 g/mol. The molecule has 2 aromatic rings. The Morgan fingerprint density at radius 3 is 2.36 bits per heavy atom. The summed E-state index contributed by atoms with van der Waals surface area (Å²) in [5.74, 6) is -0.158. The molecular weight excluding hydrogens is 358 g/mol. The number of amides is 2. The molecule has 2 amide bonds. The maximum Gasteiger partial charge on any atom is 0.261 e. The predicted octanol–water partition coefficient (Wildman–Crippen LogP) is 2.83. The Bertz CT molecular complexity index is 645. The van der Waals surface area contributed by atoms with Crippen molar-refractivity contribution in [2.24, 2.45) is 0 Å². The number of hydrogen-bond donors (Lipinski definition) is 3. The van der Waals surface area contributed by atoms with Crippen molar-refractivity contribution in [3.8, 4) is 0 Å². The summed E-state index contributed by atoms with van der Waals surface area (Å²) in [7, 11) is 0. The average Bonchev–Trinajstić information content (AvgIpc) is 3.14. The zero-order valence-electron chi connectivity index (χ0n) is 14.2. The molecule has 0 bridgehead atoms. The number of carbonyl (C=O) groups is 2. The van der Waals surface area contributed by atoms with Crippen LogP contribution in [0.4, 0.5) is 0 Å². The number of nitrogens with one attached hydrogen (secondary N) is 3. The topological polar surface area (TPSA) is 70.2 Å². The molecule has 0 saturated heterocycles. The van der Waals surface area contributed by atoms with Crippen LogP contribution in [0.2, 0.25) is 0 Å². The normalized spacial score (nSPS) is 9.96. The molecule has 1 aromatic carbocycles. The van der Waals surface area contributed by atoms with Gasteiger partial charge in [-0.25, -0.2) is 0 Å². The van der Waals surface area contributed by atoms with Crippen LogP contribution in [0.15, 0.2) is 41.8 Å². The molecule has 0 spiro atoms. The third kappa shape index (κ3) is 7.25. The van der Waals surface area contributed by atoms with Gasteiger partial charge in [0.1, 0.15) is 0 Å². The standard InChI is InChI=1S/C18H23N3O2S.ClH/c1-2-9-19-10-11-20-17(22)15-7-5-14(6-8-15)13-21-18(23)16-4-3-12-24-16;/h3-8,12,19H,2,9-11,13H2,1H3,(H,20,22)(H,21,23);1H. The summed E-state index contributed by atoms with van der Waals surface area (Å²) in [4.78, 5) is 24.6. The summed E-state index contributed by atoms with van der Waals surface area (Å²) < 4.78 is 0. The molecule has 7 heteroatoms. The van der Waals surface area contributed by atoms with Crippen LogP contribution in [-0.2, 0) is 6.54 Å². The molecule has 0 radical (unpaired) electrons. The van der Waals surface area contributed by atoms with Crippen molar-refractivity contribution in [1.82, 2.24) is 16.0 Å². The van der Waals surface area contributed by atoms with E-state index in [-0.39, 0.29) is 24.2 Å². The van der Waals surface area contributed by atoms with Crippen molar-refractivity contribution in [2.75, 3.05) is 19.6 Å². The maximum absolute atomic E-state index is 12.0. The SMILES string of the molecule is CCCNCCNC(=O)c1ccc(CNC(=O)c2cccs2)cc1.Cl. The van der Waals surface area contributed by atoms with Crippen molar-refractivity contribution in [3.05, 3.63) is 57.8 Å². The van der Waals surface area contributed by atoms with Gasteiger partial charge in [0.2, 0.25) is 0 Å². The second-order valence-electron chi connectivity index (χ2n) is 5.36. The lowest BCUT2D eigenvalue weighted by molar-refractivity contribution is 0.0945. The largest absolute Gasteiger partial charge is 0.351 e. The van der Waals surface area contributed by atoms with Gasteiger partial charge >= 0.3 is 0 Å². The van der Waals surface area contributed by atoms with E-state index >= 15 is 0 Å². The third-order valence-corrected chi connectivity index (χ3v) is 4.30. The van der Waals surface area contributed by atoms with Gasteiger partial charge in [0.05, 0.1) is 4.88 Å². The van der Waals surface area contributed by atoms with Gasteiger partial charge in [0, 0.05) is 25.2 Å². The molecule has 3 N–H and O–H groups in total. The summed E-state index contributed by atoms with van der Waals surface area (Å²) in [5, 5.41) is 10.9. The van der Waals surface area contributed by atoms with E-state index in [1.54, 1.807) is 18.2 Å². The molecule has 0 aliphatic rings. The highest BCUT2D eigenvalue weighted by Gasteiger charge is 2.07. The summed E-state index contributed by atoms with van der Waals surface area (Å²) in [5.41, 5.74) is 1.58. The lowest BCUT2D eigenvalue weighted by Gasteiger charge is -2.08. The van der Waals surface area contributed by atoms with Gasteiger partial charge in [0.25, 0.3) is 11.8 Å². The summed E-state index contributed by atoms with van der Waals surface area (Å²) in [6.45, 7) is 4.89. The number of thiophene rings is 1. The minimum absolute atomic E-state index is 0. The van der Waals surface area contributed by atoms with Crippen molar-refractivity contribution in [2.45, 2.75) is 19.9 Å². The number of halogens is 1. The molecule has 25 heavy (non-hydrogen) atoms. The van der Waals surface area contributed by atoms with E-state index < -0.39 is 0 Å². The van der Waals surface area contributed by atoms with Gasteiger partial charge in [-0.2, -0.15) is 0 Å². The zero-order valence-corrected chi connectivity index (χ0v) is 15.8. The van der Waals surface area contributed by atoms with Gasteiger partial charge in [-0.1, -0.05) is 25.1 Å². The van der Waals surface area contributed by atoms with Crippen molar-refractivity contribution in [3.63, 3.8) is 0 Å². The maximum atomic E-state index is 12.0. The number of carbonyl (C=O) groups excluding carboxylic acids is 2. The van der Waals surface area contributed by atoms with Gasteiger partial charge in [-0.3, -0.25) is 9.59 Å². The summed E-state index contributed by atoms with van der Waals surface area (Å²) in [6, 6.07) is 10.9. The van der Waals surface area contributed by atoms with E-state index in [1.165, 1.54) is 11.3 Å². The lowest BCUT2D eigenvalue weighted by atomic mass is 10.1.